The number of nitrogen functional groups attached to an aromatic ring is 1. The third-order valence-corrected chi connectivity index (χ3v) is 6.09. The lowest BCUT2D eigenvalue weighted by atomic mass is 10.1. The van der Waals surface area contributed by atoms with Gasteiger partial charge in [0.1, 0.15) is 11.4 Å². The van der Waals surface area contributed by atoms with Gasteiger partial charge in [0.2, 0.25) is 0 Å². The summed E-state index contributed by atoms with van der Waals surface area (Å²) in [7, 11) is 2.75. The van der Waals surface area contributed by atoms with E-state index in [0.29, 0.717) is 5.16 Å². The fourth-order valence-electron chi connectivity index (χ4n) is 3.40. The number of carbonyl (C=O) groups excluding carboxylic acids is 1. The van der Waals surface area contributed by atoms with Crippen molar-refractivity contribution in [1.82, 2.24) is 18.7 Å². The van der Waals surface area contributed by atoms with Crippen molar-refractivity contribution < 1.29 is 4.79 Å². The normalized spacial score (nSPS) is 10.9. The summed E-state index contributed by atoms with van der Waals surface area (Å²) < 4.78 is 3.94. The van der Waals surface area contributed by atoms with Crippen LogP contribution in [-0.4, -0.2) is 30.2 Å². The number of benzene rings is 2. The Labute approximate surface area is 188 Å². The number of ketones is 1. The van der Waals surface area contributed by atoms with Crippen LogP contribution in [0.4, 0.5) is 5.82 Å². The molecular weight excluding hydrogens is 426 g/mol. The minimum Gasteiger partial charge on any atom is -0.384 e. The molecule has 0 unspecified atom stereocenters. The number of carbonyl (C=O) groups is 1. The van der Waals surface area contributed by atoms with Crippen molar-refractivity contribution >= 4 is 23.4 Å². The van der Waals surface area contributed by atoms with Gasteiger partial charge in [-0.2, -0.15) is 0 Å². The van der Waals surface area contributed by atoms with Gasteiger partial charge in [0.15, 0.2) is 10.9 Å². The topological polar surface area (TPSA) is 105 Å². The molecule has 0 aliphatic carbocycles. The first-order valence-corrected chi connectivity index (χ1v) is 10.8. The van der Waals surface area contributed by atoms with Gasteiger partial charge in [-0.3, -0.25) is 23.3 Å². The Morgan fingerprint density at radius 1 is 0.969 bits per heavy atom. The van der Waals surface area contributed by atoms with E-state index in [1.807, 2.05) is 65.2 Å². The van der Waals surface area contributed by atoms with Crippen molar-refractivity contribution in [3.8, 4) is 16.9 Å². The maximum Gasteiger partial charge on any atom is 0.332 e. The van der Waals surface area contributed by atoms with E-state index >= 15 is 0 Å². The van der Waals surface area contributed by atoms with Crippen LogP contribution < -0.4 is 17.0 Å². The van der Waals surface area contributed by atoms with Crippen molar-refractivity contribution in [3.05, 3.63) is 93.3 Å². The molecule has 0 bridgehead atoms. The van der Waals surface area contributed by atoms with Crippen LogP contribution >= 0.6 is 11.8 Å². The van der Waals surface area contributed by atoms with Gasteiger partial charge in [-0.25, -0.2) is 9.78 Å². The van der Waals surface area contributed by atoms with Crippen molar-refractivity contribution in [1.29, 1.82) is 0 Å². The molecule has 0 aliphatic rings. The Morgan fingerprint density at radius 2 is 1.59 bits per heavy atom. The second kappa shape index (κ2) is 8.72. The third-order valence-electron chi connectivity index (χ3n) is 5.13. The Balaban J connectivity index is 1.71. The molecule has 0 aliphatic heterocycles. The summed E-state index contributed by atoms with van der Waals surface area (Å²) in [5.41, 5.74) is 7.21. The molecule has 0 spiro atoms. The molecule has 32 heavy (non-hydrogen) atoms. The molecule has 0 fully saturated rings. The molecule has 0 radical (unpaired) electrons. The molecule has 0 atom stereocenters. The number of hydrogen-bond acceptors (Lipinski definition) is 6. The van der Waals surface area contributed by atoms with E-state index in [1.54, 1.807) is 6.20 Å². The number of rotatable bonds is 6. The average molecular weight is 448 g/mol. The van der Waals surface area contributed by atoms with Crippen molar-refractivity contribution in [2.24, 2.45) is 14.1 Å². The van der Waals surface area contributed by atoms with E-state index in [0.717, 1.165) is 26.1 Å². The molecule has 2 heterocycles. The maximum atomic E-state index is 12.9. The van der Waals surface area contributed by atoms with Crippen LogP contribution in [0.5, 0.6) is 0 Å². The Morgan fingerprint density at radius 3 is 2.25 bits per heavy atom. The number of hydrogen-bond donors (Lipinski definition) is 1. The molecule has 2 N–H and O–H groups in total. The molecule has 4 aromatic rings. The largest absolute Gasteiger partial charge is 0.384 e. The highest BCUT2D eigenvalue weighted by Gasteiger charge is 2.22. The zero-order valence-corrected chi connectivity index (χ0v) is 18.4. The average Bonchev–Trinajstić information content (AvgIpc) is 3.25. The van der Waals surface area contributed by atoms with E-state index in [2.05, 4.69) is 4.98 Å². The fraction of sp³-hybridized carbons (Fsp3) is 0.130. The number of nitrogens with zero attached hydrogens (tertiary/aromatic N) is 4. The van der Waals surface area contributed by atoms with Crippen LogP contribution in [0.1, 0.15) is 10.4 Å². The summed E-state index contributed by atoms with van der Waals surface area (Å²) in [6, 6.07) is 19.5. The lowest BCUT2D eigenvalue weighted by molar-refractivity contribution is 0.102. The summed E-state index contributed by atoms with van der Waals surface area (Å²) in [5, 5.41) is 0.601. The van der Waals surface area contributed by atoms with E-state index in [9.17, 15) is 14.4 Å². The van der Waals surface area contributed by atoms with Crippen LogP contribution in [0.25, 0.3) is 16.9 Å². The molecule has 162 valence electrons. The maximum absolute atomic E-state index is 12.9. The van der Waals surface area contributed by atoms with Crippen LogP contribution in [0, 0.1) is 0 Å². The number of para-hydroxylation sites is 1. The number of anilines is 1. The second-order valence-corrected chi connectivity index (χ2v) is 8.08. The van der Waals surface area contributed by atoms with Crippen LogP contribution in [0.3, 0.4) is 0 Å². The Bertz CT molecular complexity index is 1410. The first-order chi connectivity index (χ1) is 15.4. The molecule has 0 saturated carbocycles. The van der Waals surface area contributed by atoms with Crippen molar-refractivity contribution in [2.45, 2.75) is 5.16 Å². The Hall–Kier alpha value is -3.85. The lowest BCUT2D eigenvalue weighted by Crippen LogP contribution is -2.41. The van der Waals surface area contributed by atoms with Gasteiger partial charge in [0.25, 0.3) is 5.56 Å². The minimum atomic E-state index is -0.701. The predicted octanol–water partition coefficient (Wildman–Crippen LogP) is 2.49. The summed E-state index contributed by atoms with van der Waals surface area (Å²) in [6.07, 6.45) is 1.76. The van der Waals surface area contributed by atoms with E-state index in [-0.39, 0.29) is 17.1 Å². The molecule has 0 amide bonds. The fourth-order valence-corrected chi connectivity index (χ4v) is 4.26. The highest BCUT2D eigenvalue weighted by Crippen LogP contribution is 2.30. The predicted molar refractivity (Wildman–Crippen MR) is 125 cm³/mol. The molecule has 2 aromatic heterocycles. The van der Waals surface area contributed by atoms with Crippen LogP contribution in [0.2, 0.25) is 0 Å². The van der Waals surface area contributed by atoms with Gasteiger partial charge in [0.05, 0.1) is 17.6 Å². The van der Waals surface area contributed by atoms with E-state index < -0.39 is 17.0 Å². The van der Waals surface area contributed by atoms with Gasteiger partial charge in [-0.1, -0.05) is 60.3 Å². The monoisotopic (exact) mass is 447 g/mol. The van der Waals surface area contributed by atoms with Gasteiger partial charge in [-0.15, -0.1) is 0 Å². The molecule has 0 saturated heterocycles. The summed E-state index contributed by atoms with van der Waals surface area (Å²) >= 11 is 1.20. The first kappa shape index (κ1) is 21.4. The Kier molecular flexibility index (Phi) is 5.83. The van der Waals surface area contributed by atoms with E-state index in [4.69, 9.17) is 5.73 Å². The molecule has 4 rings (SSSR count). The van der Waals surface area contributed by atoms with Gasteiger partial charge >= 0.3 is 5.69 Å². The van der Waals surface area contributed by atoms with Gasteiger partial charge in [-0.05, 0) is 12.1 Å². The van der Waals surface area contributed by atoms with Gasteiger partial charge < -0.3 is 5.73 Å². The smallest absolute Gasteiger partial charge is 0.332 e. The molecule has 8 nitrogen and oxygen atoms in total. The molecule has 2 aromatic carbocycles. The van der Waals surface area contributed by atoms with E-state index in [1.165, 1.54) is 25.9 Å². The zero-order valence-electron chi connectivity index (χ0n) is 17.6. The standard InChI is InChI=1S/C23H21N5O3S/c1-26-20(24)19(21(30)27(2)23(26)31)18(29)14-32-22-25-13-17(15-9-5-3-6-10-15)28(22)16-11-7-4-8-12-16/h3-13H,14,24H2,1-2H3. The molecular formula is C23H21N5O3S. The van der Waals surface area contributed by atoms with Crippen molar-refractivity contribution in [2.75, 3.05) is 11.5 Å². The number of Topliss-reactive ketones (excluding diaryl/α,β-unsaturated/α-hetero) is 1. The van der Waals surface area contributed by atoms with Crippen molar-refractivity contribution in [3.63, 3.8) is 0 Å². The number of aromatic nitrogens is 4. The summed E-state index contributed by atoms with van der Waals surface area (Å²) in [5.74, 6) is -0.664. The minimum absolute atomic E-state index is 0.0598. The number of imidazole rings is 1. The van der Waals surface area contributed by atoms with Crippen LogP contribution in [0.15, 0.2) is 81.6 Å². The quantitative estimate of drug-likeness (QED) is 0.360. The highest BCUT2D eigenvalue weighted by atomic mass is 32.2. The second-order valence-electron chi connectivity index (χ2n) is 7.14. The van der Waals surface area contributed by atoms with Gasteiger partial charge in [0, 0.05) is 25.3 Å². The highest BCUT2D eigenvalue weighted by molar-refractivity contribution is 7.99. The first-order valence-electron chi connectivity index (χ1n) is 9.80. The van der Waals surface area contributed by atoms with Crippen LogP contribution in [-0.2, 0) is 14.1 Å². The lowest BCUT2D eigenvalue weighted by Gasteiger charge is -2.13. The zero-order chi connectivity index (χ0) is 22.8. The number of thioether (sulfide) groups is 1. The number of nitrogens with two attached hydrogens (primary N) is 1. The SMILES string of the molecule is Cn1c(N)c(C(=O)CSc2ncc(-c3ccccc3)n2-c2ccccc2)c(=O)n(C)c1=O. The summed E-state index contributed by atoms with van der Waals surface area (Å²) in [6.45, 7) is 0. The molecule has 9 heteroatoms. The summed E-state index contributed by atoms with van der Waals surface area (Å²) in [4.78, 5) is 42.0. The third kappa shape index (κ3) is 3.78.